The van der Waals surface area contributed by atoms with Crippen LogP contribution in [0.2, 0.25) is 0 Å². The van der Waals surface area contributed by atoms with Gasteiger partial charge in [0.2, 0.25) is 0 Å². The molecular formula is C40H32N2. The maximum Gasteiger partial charge on any atom is 0.0541 e. The normalized spacial score (nSPS) is 12.2. The van der Waals surface area contributed by atoms with Crippen LogP contribution in [0.3, 0.4) is 0 Å². The average Bonchev–Trinajstić information content (AvgIpc) is 3.54. The van der Waals surface area contributed by atoms with E-state index in [9.17, 15) is 0 Å². The van der Waals surface area contributed by atoms with Crippen molar-refractivity contribution in [1.82, 2.24) is 9.13 Å². The lowest BCUT2D eigenvalue weighted by Crippen LogP contribution is -2.10. The molecule has 0 bridgehead atoms. The zero-order valence-corrected chi connectivity index (χ0v) is 24.2. The van der Waals surface area contributed by atoms with Crippen LogP contribution in [0.1, 0.15) is 26.3 Å². The quantitative estimate of drug-likeness (QED) is 0.211. The molecule has 0 amide bonds. The third-order valence-electron chi connectivity index (χ3n) is 8.66. The SMILES string of the molecule is CC(C)(C)c1ccc(-c2cc(-n3c4ccccc4c4ccccc43)cc(-n3c4ccccc4c4ccccc43)c2)cc1. The Labute approximate surface area is 246 Å². The summed E-state index contributed by atoms with van der Waals surface area (Å²) in [6.45, 7) is 6.81. The molecule has 2 nitrogen and oxygen atoms in total. The molecule has 202 valence electrons. The third kappa shape index (κ3) is 3.79. The van der Waals surface area contributed by atoms with Gasteiger partial charge in [-0.2, -0.15) is 0 Å². The maximum atomic E-state index is 2.43. The van der Waals surface area contributed by atoms with E-state index in [-0.39, 0.29) is 5.41 Å². The minimum absolute atomic E-state index is 0.109. The smallest absolute Gasteiger partial charge is 0.0541 e. The van der Waals surface area contributed by atoms with E-state index in [1.54, 1.807) is 0 Å². The van der Waals surface area contributed by atoms with Crippen molar-refractivity contribution in [3.63, 3.8) is 0 Å². The molecule has 8 aromatic rings. The van der Waals surface area contributed by atoms with Gasteiger partial charge in [0.05, 0.1) is 22.1 Å². The molecule has 0 atom stereocenters. The van der Waals surface area contributed by atoms with Crippen molar-refractivity contribution in [2.75, 3.05) is 0 Å². The molecule has 0 N–H and O–H groups in total. The summed E-state index contributed by atoms with van der Waals surface area (Å²) in [7, 11) is 0. The fourth-order valence-corrected chi connectivity index (χ4v) is 6.58. The number of hydrogen-bond donors (Lipinski definition) is 0. The van der Waals surface area contributed by atoms with E-state index < -0.39 is 0 Å². The lowest BCUT2D eigenvalue weighted by molar-refractivity contribution is 0.590. The van der Waals surface area contributed by atoms with E-state index >= 15 is 0 Å². The first kappa shape index (κ1) is 24.7. The molecule has 8 rings (SSSR count). The van der Waals surface area contributed by atoms with Gasteiger partial charge in [0, 0.05) is 32.9 Å². The number of hydrogen-bond acceptors (Lipinski definition) is 0. The Morgan fingerprint density at radius 3 is 1.10 bits per heavy atom. The highest BCUT2D eigenvalue weighted by molar-refractivity contribution is 6.10. The summed E-state index contributed by atoms with van der Waals surface area (Å²) >= 11 is 0. The molecule has 0 fully saturated rings. The molecule has 0 aliphatic carbocycles. The number of aromatic nitrogens is 2. The average molecular weight is 541 g/mol. The molecule has 0 spiro atoms. The van der Waals surface area contributed by atoms with Crippen molar-refractivity contribution >= 4 is 43.6 Å². The summed E-state index contributed by atoms with van der Waals surface area (Å²) < 4.78 is 4.85. The van der Waals surface area contributed by atoms with E-state index in [1.807, 2.05) is 0 Å². The number of nitrogens with zero attached hydrogens (tertiary/aromatic N) is 2. The second kappa shape index (κ2) is 9.22. The predicted molar refractivity (Wildman–Crippen MR) is 179 cm³/mol. The van der Waals surface area contributed by atoms with E-state index in [4.69, 9.17) is 0 Å². The van der Waals surface area contributed by atoms with Gasteiger partial charge in [-0.25, -0.2) is 0 Å². The highest BCUT2D eigenvalue weighted by Crippen LogP contribution is 2.38. The van der Waals surface area contributed by atoms with Gasteiger partial charge in [0.1, 0.15) is 0 Å². The van der Waals surface area contributed by atoms with Crippen LogP contribution in [-0.2, 0) is 5.41 Å². The molecule has 2 heterocycles. The van der Waals surface area contributed by atoms with Gasteiger partial charge in [-0.3, -0.25) is 0 Å². The molecule has 2 heteroatoms. The molecule has 2 aromatic heterocycles. The largest absolute Gasteiger partial charge is 0.309 e. The predicted octanol–water partition coefficient (Wildman–Crippen LogP) is 10.8. The second-order valence-corrected chi connectivity index (χ2v) is 12.3. The van der Waals surface area contributed by atoms with Crippen molar-refractivity contribution in [3.8, 4) is 22.5 Å². The van der Waals surface area contributed by atoms with Gasteiger partial charge in [0.15, 0.2) is 0 Å². The zero-order valence-electron chi connectivity index (χ0n) is 24.2. The van der Waals surface area contributed by atoms with Gasteiger partial charge in [-0.05, 0) is 64.6 Å². The van der Waals surface area contributed by atoms with Crippen LogP contribution >= 0.6 is 0 Å². The first-order valence-corrected chi connectivity index (χ1v) is 14.7. The van der Waals surface area contributed by atoms with Crippen LogP contribution in [-0.4, -0.2) is 9.13 Å². The molecule has 0 radical (unpaired) electrons. The van der Waals surface area contributed by atoms with Crippen LogP contribution in [0.25, 0.3) is 66.1 Å². The van der Waals surface area contributed by atoms with Crippen molar-refractivity contribution < 1.29 is 0 Å². The Morgan fingerprint density at radius 1 is 0.381 bits per heavy atom. The standard InChI is InChI=1S/C40H32N2/c1-40(2,3)29-22-20-27(21-23-29)28-24-30(41-36-16-8-4-12-32(36)33-13-5-9-17-37(33)41)26-31(25-28)42-38-18-10-6-14-34(38)35-15-7-11-19-39(35)42/h4-26H,1-3H3. The van der Waals surface area contributed by atoms with E-state index in [2.05, 4.69) is 169 Å². The molecule has 0 saturated heterocycles. The Morgan fingerprint density at radius 2 is 0.738 bits per heavy atom. The summed E-state index contributed by atoms with van der Waals surface area (Å²) in [6, 6.07) is 51.1. The highest BCUT2D eigenvalue weighted by atomic mass is 15.0. The zero-order chi connectivity index (χ0) is 28.4. The fraction of sp³-hybridized carbons (Fsp3) is 0.100. The Hall–Kier alpha value is -5.08. The molecular weight excluding hydrogens is 508 g/mol. The van der Waals surface area contributed by atoms with Crippen molar-refractivity contribution in [3.05, 3.63) is 145 Å². The topological polar surface area (TPSA) is 9.86 Å². The van der Waals surface area contributed by atoms with Crippen LogP contribution in [0.5, 0.6) is 0 Å². The summed E-state index contributed by atoms with van der Waals surface area (Å²) in [5.41, 5.74) is 11.0. The van der Waals surface area contributed by atoms with Gasteiger partial charge in [0.25, 0.3) is 0 Å². The van der Waals surface area contributed by atoms with E-state index in [0.717, 1.165) is 11.4 Å². The first-order chi connectivity index (χ1) is 20.5. The molecule has 0 unspecified atom stereocenters. The lowest BCUT2D eigenvalue weighted by Gasteiger charge is -2.20. The van der Waals surface area contributed by atoms with Crippen LogP contribution in [0.15, 0.2) is 140 Å². The van der Waals surface area contributed by atoms with E-state index in [0.29, 0.717) is 0 Å². The highest BCUT2D eigenvalue weighted by Gasteiger charge is 2.18. The Kier molecular flexibility index (Phi) is 5.42. The number of fused-ring (bicyclic) bond motifs is 6. The molecule has 42 heavy (non-hydrogen) atoms. The van der Waals surface area contributed by atoms with Crippen LogP contribution in [0, 0.1) is 0 Å². The maximum absolute atomic E-state index is 2.43. The monoisotopic (exact) mass is 540 g/mol. The second-order valence-electron chi connectivity index (χ2n) is 12.3. The Bertz CT molecular complexity index is 2030. The number of rotatable bonds is 3. The summed E-state index contributed by atoms with van der Waals surface area (Å²) in [5, 5.41) is 5.08. The van der Waals surface area contributed by atoms with Gasteiger partial charge >= 0.3 is 0 Å². The Balaban J connectivity index is 1.46. The van der Waals surface area contributed by atoms with Crippen LogP contribution in [0.4, 0.5) is 0 Å². The minimum Gasteiger partial charge on any atom is -0.309 e. The van der Waals surface area contributed by atoms with Crippen molar-refractivity contribution in [2.45, 2.75) is 26.2 Å². The van der Waals surface area contributed by atoms with Gasteiger partial charge in [-0.1, -0.05) is 118 Å². The lowest BCUT2D eigenvalue weighted by atomic mass is 9.86. The minimum atomic E-state index is 0.109. The van der Waals surface area contributed by atoms with E-state index in [1.165, 1.54) is 60.3 Å². The van der Waals surface area contributed by atoms with Crippen LogP contribution < -0.4 is 0 Å². The molecule has 0 saturated carbocycles. The molecule has 0 aliphatic rings. The fourth-order valence-electron chi connectivity index (χ4n) is 6.58. The molecule has 0 aliphatic heterocycles. The number of benzene rings is 6. The van der Waals surface area contributed by atoms with Gasteiger partial charge in [-0.15, -0.1) is 0 Å². The first-order valence-electron chi connectivity index (χ1n) is 14.7. The summed E-state index contributed by atoms with van der Waals surface area (Å²) in [6.07, 6.45) is 0. The summed E-state index contributed by atoms with van der Waals surface area (Å²) in [4.78, 5) is 0. The molecule has 6 aromatic carbocycles. The van der Waals surface area contributed by atoms with Crippen molar-refractivity contribution in [1.29, 1.82) is 0 Å². The number of para-hydroxylation sites is 4. The van der Waals surface area contributed by atoms with Gasteiger partial charge < -0.3 is 9.13 Å². The van der Waals surface area contributed by atoms with Crippen molar-refractivity contribution in [2.24, 2.45) is 0 Å². The third-order valence-corrected chi connectivity index (χ3v) is 8.66. The summed E-state index contributed by atoms with van der Waals surface area (Å²) in [5.74, 6) is 0.